The molecule has 2 amide bonds. The highest BCUT2D eigenvalue weighted by molar-refractivity contribution is 5.79. The molecule has 50 heavy (non-hydrogen) atoms. The van der Waals surface area contributed by atoms with Gasteiger partial charge in [-0.25, -0.2) is 0 Å². The van der Waals surface area contributed by atoms with Crippen LogP contribution in [0, 0.1) is 18.8 Å². The van der Waals surface area contributed by atoms with Gasteiger partial charge in [0.1, 0.15) is 17.2 Å². The highest BCUT2D eigenvalue weighted by Gasteiger charge is 2.33. The lowest BCUT2D eigenvalue weighted by molar-refractivity contribution is -0.135. The number of benzene rings is 4. The van der Waals surface area contributed by atoms with Gasteiger partial charge < -0.3 is 24.4 Å². The Hall–Kier alpha value is -4.82. The summed E-state index contributed by atoms with van der Waals surface area (Å²) in [5.74, 6) is 3.00. The fourth-order valence-corrected chi connectivity index (χ4v) is 6.86. The van der Waals surface area contributed by atoms with Crippen molar-refractivity contribution in [3.63, 3.8) is 0 Å². The van der Waals surface area contributed by atoms with E-state index in [1.165, 1.54) is 0 Å². The predicted molar refractivity (Wildman–Crippen MR) is 197 cm³/mol. The van der Waals surface area contributed by atoms with Gasteiger partial charge in [0, 0.05) is 50.3 Å². The number of hydrogen-bond donors (Lipinski definition) is 1. The highest BCUT2D eigenvalue weighted by atomic mass is 16.5. The zero-order valence-electron chi connectivity index (χ0n) is 29.7. The highest BCUT2D eigenvalue weighted by Crippen LogP contribution is 2.31. The van der Waals surface area contributed by atoms with Crippen LogP contribution in [-0.4, -0.2) is 62.1 Å². The van der Waals surface area contributed by atoms with Gasteiger partial charge in [0.25, 0.3) is 0 Å². The lowest BCUT2D eigenvalue weighted by Crippen LogP contribution is -2.48. The number of piperidine rings is 1. The summed E-state index contributed by atoms with van der Waals surface area (Å²) in [7, 11) is 3.35. The molecule has 264 valence electrons. The lowest BCUT2D eigenvalue weighted by atomic mass is 9.80. The van der Waals surface area contributed by atoms with Crippen LogP contribution in [0.3, 0.4) is 0 Å². The van der Waals surface area contributed by atoms with Gasteiger partial charge in [0.2, 0.25) is 11.8 Å². The number of para-hydroxylation sites is 3. The van der Waals surface area contributed by atoms with Crippen LogP contribution in [-0.2, 0) is 29.2 Å². The van der Waals surface area contributed by atoms with Crippen molar-refractivity contribution in [2.24, 2.45) is 11.8 Å². The topological polar surface area (TPSA) is 80.3 Å². The van der Waals surface area contributed by atoms with Gasteiger partial charge in [-0.05, 0) is 67.3 Å². The van der Waals surface area contributed by atoms with Gasteiger partial charge in [0.05, 0.1) is 27.4 Å². The minimum atomic E-state index is 0.0552. The van der Waals surface area contributed by atoms with Crippen molar-refractivity contribution in [3.8, 4) is 17.2 Å². The zero-order chi connectivity index (χ0) is 35.1. The van der Waals surface area contributed by atoms with Crippen molar-refractivity contribution in [2.75, 3.05) is 40.5 Å². The molecule has 0 aliphatic carbocycles. The third-order valence-corrected chi connectivity index (χ3v) is 9.63. The number of nitrogens with one attached hydrogen (secondary N) is 1. The second-order valence-corrected chi connectivity index (χ2v) is 13.1. The fourth-order valence-electron chi connectivity index (χ4n) is 6.86. The Bertz CT molecular complexity index is 1610. The van der Waals surface area contributed by atoms with Crippen LogP contribution in [0.25, 0.3) is 0 Å². The van der Waals surface area contributed by atoms with Crippen LogP contribution in [0.1, 0.15) is 47.9 Å². The van der Waals surface area contributed by atoms with E-state index >= 15 is 0 Å². The Balaban J connectivity index is 1.26. The standard InChI is InChI=1S/C42H51N3O5/c1-32-14-7-10-20-38(32)50-25-13-19-35-30-45(24-23-34(35)26-41(46)43-27-33-15-5-4-6-16-33)42(47)31-44(28-36-17-8-11-21-39(36)48-2)29-37-18-9-12-22-40(37)49-3/h4-12,14-18,20-22,34-35H,13,19,23-31H2,1-3H3,(H,43,46)/t34-,35-/m0/s1. The number of aryl methyl sites for hydroxylation is 1. The summed E-state index contributed by atoms with van der Waals surface area (Å²) in [5, 5.41) is 3.12. The summed E-state index contributed by atoms with van der Waals surface area (Å²) < 4.78 is 17.4. The molecule has 0 saturated carbocycles. The van der Waals surface area contributed by atoms with Gasteiger partial charge in [-0.3, -0.25) is 14.5 Å². The first-order valence-electron chi connectivity index (χ1n) is 17.7. The summed E-state index contributed by atoms with van der Waals surface area (Å²) in [6, 6.07) is 33.9. The van der Waals surface area contributed by atoms with E-state index in [1.54, 1.807) is 14.2 Å². The van der Waals surface area contributed by atoms with Crippen molar-refractivity contribution in [2.45, 2.75) is 52.2 Å². The predicted octanol–water partition coefficient (Wildman–Crippen LogP) is 7.04. The number of amides is 2. The van der Waals surface area contributed by atoms with Crippen molar-refractivity contribution in [1.29, 1.82) is 0 Å². The minimum absolute atomic E-state index is 0.0552. The number of methoxy groups -OCH3 is 2. The second kappa shape index (κ2) is 18.8. The molecule has 8 heteroatoms. The van der Waals surface area contributed by atoms with Crippen molar-refractivity contribution in [1.82, 2.24) is 15.1 Å². The van der Waals surface area contributed by atoms with E-state index in [1.807, 2.05) is 102 Å². The molecular formula is C42H51N3O5. The third-order valence-electron chi connectivity index (χ3n) is 9.63. The first-order valence-corrected chi connectivity index (χ1v) is 17.7. The zero-order valence-corrected chi connectivity index (χ0v) is 29.7. The van der Waals surface area contributed by atoms with Gasteiger partial charge >= 0.3 is 0 Å². The van der Waals surface area contributed by atoms with E-state index in [-0.39, 0.29) is 30.2 Å². The van der Waals surface area contributed by atoms with Crippen LogP contribution >= 0.6 is 0 Å². The molecular weight excluding hydrogens is 626 g/mol. The van der Waals surface area contributed by atoms with E-state index in [9.17, 15) is 9.59 Å². The Kier molecular flexibility index (Phi) is 13.7. The van der Waals surface area contributed by atoms with E-state index in [0.29, 0.717) is 45.8 Å². The smallest absolute Gasteiger partial charge is 0.236 e. The molecule has 4 aromatic rings. The SMILES string of the molecule is COc1ccccc1CN(CC(=O)N1CC[C@@H](CC(=O)NCc2ccccc2)[C@@H](CCCOc2ccccc2C)C1)Cc1ccccc1OC. The third kappa shape index (κ3) is 10.6. The van der Waals surface area contributed by atoms with Crippen molar-refractivity contribution >= 4 is 11.8 Å². The second-order valence-electron chi connectivity index (χ2n) is 13.1. The molecule has 0 radical (unpaired) electrons. The summed E-state index contributed by atoms with van der Waals surface area (Å²) in [4.78, 5) is 31.4. The number of carbonyl (C=O) groups is 2. The van der Waals surface area contributed by atoms with Crippen molar-refractivity contribution in [3.05, 3.63) is 125 Å². The van der Waals surface area contributed by atoms with Gasteiger partial charge in [-0.15, -0.1) is 0 Å². The summed E-state index contributed by atoms with van der Waals surface area (Å²) in [6.45, 7) is 5.75. The number of ether oxygens (including phenoxy) is 3. The Morgan fingerprint density at radius 2 is 1.38 bits per heavy atom. The fraction of sp³-hybridized carbons (Fsp3) is 0.381. The number of likely N-dealkylation sites (tertiary alicyclic amines) is 1. The Labute approximate surface area is 297 Å². The van der Waals surface area contributed by atoms with Crippen LogP contribution in [0.15, 0.2) is 103 Å². The van der Waals surface area contributed by atoms with Crippen LogP contribution in [0.4, 0.5) is 0 Å². The quantitative estimate of drug-likeness (QED) is 0.121. The maximum absolute atomic E-state index is 14.1. The number of carbonyl (C=O) groups excluding carboxylic acids is 2. The van der Waals surface area contributed by atoms with Crippen LogP contribution in [0.5, 0.6) is 17.2 Å². The molecule has 8 nitrogen and oxygen atoms in total. The monoisotopic (exact) mass is 677 g/mol. The molecule has 0 aromatic heterocycles. The summed E-state index contributed by atoms with van der Waals surface area (Å²) >= 11 is 0. The lowest BCUT2D eigenvalue weighted by Gasteiger charge is -2.39. The van der Waals surface area contributed by atoms with Gasteiger partial charge in [-0.2, -0.15) is 0 Å². The normalized spacial score (nSPS) is 15.8. The minimum Gasteiger partial charge on any atom is -0.496 e. The largest absolute Gasteiger partial charge is 0.496 e. The molecule has 4 aromatic carbocycles. The van der Waals surface area contributed by atoms with E-state index < -0.39 is 0 Å². The molecule has 1 heterocycles. The molecule has 0 unspecified atom stereocenters. The Morgan fingerprint density at radius 1 is 0.780 bits per heavy atom. The molecule has 1 aliphatic heterocycles. The first-order chi connectivity index (χ1) is 24.4. The summed E-state index contributed by atoms with van der Waals surface area (Å²) in [5.41, 5.74) is 4.23. The molecule has 0 bridgehead atoms. The van der Waals surface area contributed by atoms with E-state index in [4.69, 9.17) is 14.2 Å². The van der Waals surface area contributed by atoms with Gasteiger partial charge in [-0.1, -0.05) is 84.9 Å². The molecule has 1 fully saturated rings. The first kappa shape index (κ1) is 36.5. The average molecular weight is 678 g/mol. The van der Waals surface area contributed by atoms with Crippen LogP contribution in [0.2, 0.25) is 0 Å². The van der Waals surface area contributed by atoms with E-state index in [2.05, 4.69) is 23.2 Å². The maximum atomic E-state index is 14.1. The maximum Gasteiger partial charge on any atom is 0.236 e. The molecule has 2 atom stereocenters. The summed E-state index contributed by atoms with van der Waals surface area (Å²) in [6.07, 6.45) is 2.95. The molecule has 1 N–H and O–H groups in total. The number of nitrogens with zero attached hydrogens (tertiary/aromatic N) is 2. The molecule has 1 aliphatic rings. The Morgan fingerprint density at radius 3 is 2.02 bits per heavy atom. The van der Waals surface area contributed by atoms with Crippen LogP contribution < -0.4 is 19.5 Å². The molecule has 1 saturated heterocycles. The average Bonchev–Trinajstić information content (AvgIpc) is 3.14. The number of rotatable bonds is 17. The van der Waals surface area contributed by atoms with E-state index in [0.717, 1.165) is 58.8 Å². The molecule has 5 rings (SSSR count). The molecule has 0 spiro atoms. The van der Waals surface area contributed by atoms with Crippen molar-refractivity contribution < 1.29 is 23.8 Å². The number of hydrogen-bond acceptors (Lipinski definition) is 6. The van der Waals surface area contributed by atoms with Gasteiger partial charge in [0.15, 0.2) is 0 Å².